The lowest BCUT2D eigenvalue weighted by Crippen LogP contribution is -2.61. The number of aromatic amines is 1. The van der Waals surface area contributed by atoms with Crippen LogP contribution in [0.4, 0.5) is 10.6 Å². The Morgan fingerprint density at radius 2 is 1.95 bits per heavy atom. The van der Waals surface area contributed by atoms with Gasteiger partial charge in [0.25, 0.3) is 0 Å². The molecule has 1 N–H and O–H groups in total. The minimum absolute atomic E-state index is 0.0151. The number of carbonyl (C=O) groups is 1. The van der Waals surface area contributed by atoms with Gasteiger partial charge in [-0.2, -0.15) is 4.79 Å². The van der Waals surface area contributed by atoms with Crippen molar-refractivity contribution in [2.45, 2.75) is 26.4 Å². The molecule has 6 heteroatoms. The van der Waals surface area contributed by atoms with Crippen LogP contribution in [0, 0.1) is 0 Å². The molecule has 1 saturated heterocycles. The summed E-state index contributed by atoms with van der Waals surface area (Å²) < 4.78 is 5.77. The smallest absolute Gasteiger partial charge is 0.414 e. The fourth-order valence-electron chi connectivity index (χ4n) is 2.32. The van der Waals surface area contributed by atoms with Crippen molar-refractivity contribution in [3.63, 3.8) is 0 Å². The summed E-state index contributed by atoms with van der Waals surface area (Å²) in [6.07, 6.45) is 1.46. The van der Waals surface area contributed by atoms with Crippen LogP contribution in [0.1, 0.15) is 20.8 Å². The summed E-state index contributed by atoms with van der Waals surface area (Å²) in [4.78, 5) is 28.9. The third-order valence-electron chi connectivity index (χ3n) is 3.66. The van der Waals surface area contributed by atoms with E-state index in [4.69, 9.17) is 4.74 Å². The van der Waals surface area contributed by atoms with Crippen molar-refractivity contribution in [3.8, 4) is 0 Å². The minimum Gasteiger partial charge on any atom is -0.414 e. The number of ether oxygens (including phenoxy) is 1. The standard InChI is InChI=1S/C15H23N3O3/c1-15(2,3)21-14(20)18(4)9-7-17(8-10-18)13-11-12(19)5-6-16-13/h5-6,11H,7-10H2,1-4H3/p+1. The van der Waals surface area contributed by atoms with Gasteiger partial charge in [0, 0.05) is 18.3 Å². The lowest BCUT2D eigenvalue weighted by Gasteiger charge is -2.40. The van der Waals surface area contributed by atoms with Gasteiger partial charge in [-0.3, -0.25) is 4.79 Å². The number of nitrogens with zero attached hydrogens (tertiary/aromatic N) is 2. The maximum atomic E-state index is 12.3. The van der Waals surface area contributed by atoms with E-state index < -0.39 is 5.60 Å². The van der Waals surface area contributed by atoms with E-state index in [2.05, 4.69) is 9.88 Å². The first kappa shape index (κ1) is 15.6. The Balaban J connectivity index is 2.02. The van der Waals surface area contributed by atoms with Gasteiger partial charge >= 0.3 is 6.09 Å². The molecule has 2 rings (SSSR count). The zero-order valence-electron chi connectivity index (χ0n) is 13.2. The van der Waals surface area contributed by atoms with E-state index >= 15 is 0 Å². The quantitative estimate of drug-likeness (QED) is 0.799. The van der Waals surface area contributed by atoms with Crippen molar-refractivity contribution >= 4 is 11.9 Å². The maximum Gasteiger partial charge on any atom is 0.516 e. The minimum atomic E-state index is -0.472. The average Bonchev–Trinajstić information content (AvgIpc) is 2.37. The number of likely N-dealkylation sites (N-methyl/N-ethyl adjacent to an activating group) is 1. The second kappa shape index (κ2) is 5.52. The van der Waals surface area contributed by atoms with E-state index in [0.717, 1.165) is 5.82 Å². The molecule has 0 aromatic carbocycles. The molecule has 1 amide bonds. The zero-order valence-corrected chi connectivity index (χ0v) is 13.2. The topological polar surface area (TPSA) is 62.4 Å². The van der Waals surface area contributed by atoms with Gasteiger partial charge in [-0.15, -0.1) is 0 Å². The highest BCUT2D eigenvalue weighted by molar-refractivity contribution is 5.60. The second-order valence-electron chi connectivity index (χ2n) is 6.72. The highest BCUT2D eigenvalue weighted by Gasteiger charge is 2.40. The van der Waals surface area contributed by atoms with Crippen LogP contribution >= 0.6 is 0 Å². The number of hydrogen-bond donors (Lipinski definition) is 1. The van der Waals surface area contributed by atoms with Crippen LogP contribution < -0.4 is 10.3 Å². The van der Waals surface area contributed by atoms with Crippen molar-refractivity contribution in [2.24, 2.45) is 0 Å². The molecule has 0 aliphatic carbocycles. The van der Waals surface area contributed by atoms with Gasteiger partial charge in [0.15, 0.2) is 5.43 Å². The first-order chi connectivity index (χ1) is 9.70. The number of H-pyrrole nitrogens is 1. The molecule has 0 radical (unpaired) electrons. The Bertz CT molecular complexity index is 566. The van der Waals surface area contributed by atoms with Crippen LogP contribution in [0.3, 0.4) is 0 Å². The Labute approximate surface area is 124 Å². The maximum absolute atomic E-state index is 12.3. The number of pyridine rings is 1. The fraction of sp³-hybridized carbons (Fsp3) is 0.600. The van der Waals surface area contributed by atoms with Crippen molar-refractivity contribution in [2.75, 3.05) is 38.1 Å². The summed E-state index contributed by atoms with van der Waals surface area (Å²) >= 11 is 0. The summed E-state index contributed by atoms with van der Waals surface area (Å²) in [5, 5.41) is 0. The summed E-state index contributed by atoms with van der Waals surface area (Å²) in [5.41, 5.74) is -0.487. The molecule has 1 aliphatic rings. The number of nitrogens with one attached hydrogen (secondary N) is 1. The first-order valence-electron chi connectivity index (χ1n) is 7.21. The lowest BCUT2D eigenvalue weighted by molar-refractivity contribution is -0.839. The van der Waals surface area contributed by atoms with Gasteiger partial charge in [0.05, 0.1) is 20.1 Å². The van der Waals surface area contributed by atoms with E-state index in [-0.39, 0.29) is 16.0 Å². The molecular weight excluding hydrogens is 270 g/mol. The molecule has 0 bridgehead atoms. The molecular formula is C15H24N3O3+. The average molecular weight is 294 g/mol. The van der Waals surface area contributed by atoms with E-state index in [0.29, 0.717) is 26.2 Å². The second-order valence-corrected chi connectivity index (χ2v) is 6.72. The van der Waals surface area contributed by atoms with Crippen molar-refractivity contribution in [3.05, 3.63) is 28.6 Å². The predicted molar refractivity (Wildman–Crippen MR) is 81.4 cm³/mol. The Morgan fingerprint density at radius 3 is 2.48 bits per heavy atom. The van der Waals surface area contributed by atoms with Gasteiger partial charge in [-0.25, -0.2) is 4.48 Å². The number of hydrogen-bond acceptors (Lipinski definition) is 4. The molecule has 0 unspecified atom stereocenters. The number of quaternary nitrogens is 1. The largest absolute Gasteiger partial charge is 0.516 e. The summed E-state index contributed by atoms with van der Waals surface area (Å²) in [6, 6.07) is 3.08. The molecule has 21 heavy (non-hydrogen) atoms. The van der Waals surface area contributed by atoms with Crippen LogP contribution in [0.5, 0.6) is 0 Å². The predicted octanol–water partition coefficient (Wildman–Crippen LogP) is 1.58. The molecule has 116 valence electrons. The summed E-state index contributed by atoms with van der Waals surface area (Å²) in [7, 11) is 1.90. The first-order valence-corrected chi connectivity index (χ1v) is 7.21. The van der Waals surface area contributed by atoms with E-state index in [9.17, 15) is 9.59 Å². The Hall–Kier alpha value is -1.82. The van der Waals surface area contributed by atoms with Crippen molar-refractivity contribution < 1.29 is 14.0 Å². The number of carbonyl (C=O) groups excluding carboxylic acids is 1. The van der Waals surface area contributed by atoms with Crippen LogP contribution in [0.2, 0.25) is 0 Å². The zero-order chi connectivity index (χ0) is 15.7. The Kier molecular flexibility index (Phi) is 4.09. The van der Waals surface area contributed by atoms with Crippen molar-refractivity contribution in [1.82, 2.24) is 4.98 Å². The number of aromatic nitrogens is 1. The molecule has 0 atom stereocenters. The van der Waals surface area contributed by atoms with Gasteiger partial charge < -0.3 is 14.6 Å². The fourth-order valence-corrected chi connectivity index (χ4v) is 2.32. The van der Waals surface area contributed by atoms with E-state index in [1.54, 1.807) is 12.3 Å². The van der Waals surface area contributed by atoms with Crippen LogP contribution in [-0.2, 0) is 4.74 Å². The number of piperazine rings is 1. The molecule has 6 nitrogen and oxygen atoms in total. The normalized spacial score (nSPS) is 18.4. The third kappa shape index (κ3) is 3.85. The van der Waals surface area contributed by atoms with E-state index in [1.807, 2.05) is 27.8 Å². The van der Waals surface area contributed by atoms with E-state index in [1.165, 1.54) is 6.07 Å². The molecule has 0 spiro atoms. The van der Waals surface area contributed by atoms with Crippen LogP contribution in [0.25, 0.3) is 0 Å². The monoisotopic (exact) mass is 294 g/mol. The SMILES string of the molecule is CC(C)(C)OC(=O)[N+]1(C)CCN(c2cc(=O)cc[nH]2)CC1. The van der Waals surface area contributed by atoms with Crippen molar-refractivity contribution in [1.29, 1.82) is 0 Å². The summed E-state index contributed by atoms with van der Waals surface area (Å²) in [5.74, 6) is 0.804. The number of rotatable bonds is 1. The van der Waals surface area contributed by atoms with Crippen LogP contribution in [-0.4, -0.2) is 54.4 Å². The molecule has 1 aromatic rings. The van der Waals surface area contributed by atoms with Gasteiger partial charge in [-0.05, 0) is 20.8 Å². The van der Waals surface area contributed by atoms with Gasteiger partial charge in [0.2, 0.25) is 0 Å². The molecule has 0 saturated carbocycles. The molecule has 2 heterocycles. The molecule has 1 aliphatic heterocycles. The Morgan fingerprint density at radius 1 is 1.33 bits per heavy atom. The van der Waals surface area contributed by atoms with Gasteiger partial charge in [-0.1, -0.05) is 0 Å². The highest BCUT2D eigenvalue weighted by Crippen LogP contribution is 2.19. The highest BCUT2D eigenvalue weighted by atomic mass is 16.6. The van der Waals surface area contributed by atoms with Crippen LogP contribution in [0.15, 0.2) is 23.1 Å². The molecule has 1 fully saturated rings. The number of amides is 1. The van der Waals surface area contributed by atoms with Gasteiger partial charge in [0.1, 0.15) is 24.5 Å². The lowest BCUT2D eigenvalue weighted by atomic mass is 10.2. The third-order valence-corrected chi connectivity index (χ3v) is 3.66. The number of anilines is 1. The molecule has 1 aromatic heterocycles. The summed E-state index contributed by atoms with van der Waals surface area (Å²) in [6.45, 7) is 8.36.